The van der Waals surface area contributed by atoms with Crippen molar-refractivity contribution in [3.63, 3.8) is 0 Å². The Bertz CT molecular complexity index is 448. The van der Waals surface area contributed by atoms with Crippen LogP contribution >= 0.6 is 0 Å². The molecule has 2 aliphatic rings. The van der Waals surface area contributed by atoms with Crippen LogP contribution in [0.5, 0.6) is 0 Å². The van der Waals surface area contributed by atoms with Gasteiger partial charge in [-0.2, -0.15) is 0 Å². The van der Waals surface area contributed by atoms with Gasteiger partial charge >= 0.3 is 0 Å². The molecule has 2 heterocycles. The van der Waals surface area contributed by atoms with Gasteiger partial charge in [0.25, 0.3) is 0 Å². The molecular formula is C15H21N3O. The van der Waals surface area contributed by atoms with E-state index in [0.717, 1.165) is 39.0 Å². The standard InChI is InChI=1S/C15H21N3O/c16-14(12-4-2-1-3-5-12)11-17-8-9-18-13(10-17)6-7-15(18)19/h1-5,13-14H,6-11,16H2. The van der Waals surface area contributed by atoms with Gasteiger partial charge in [0.05, 0.1) is 0 Å². The number of amides is 1. The van der Waals surface area contributed by atoms with E-state index < -0.39 is 0 Å². The van der Waals surface area contributed by atoms with E-state index in [-0.39, 0.29) is 6.04 Å². The van der Waals surface area contributed by atoms with Gasteiger partial charge < -0.3 is 10.6 Å². The first-order valence-electron chi connectivity index (χ1n) is 7.06. The summed E-state index contributed by atoms with van der Waals surface area (Å²) in [6.45, 7) is 3.67. The lowest BCUT2D eigenvalue weighted by molar-refractivity contribution is -0.130. The molecule has 2 saturated heterocycles. The van der Waals surface area contributed by atoms with Crippen molar-refractivity contribution < 1.29 is 4.79 Å². The fourth-order valence-electron chi connectivity index (χ4n) is 3.18. The lowest BCUT2D eigenvalue weighted by Crippen LogP contribution is -2.52. The van der Waals surface area contributed by atoms with Gasteiger partial charge in [-0.3, -0.25) is 9.69 Å². The number of nitrogens with zero attached hydrogens (tertiary/aromatic N) is 2. The predicted molar refractivity (Wildman–Crippen MR) is 74.5 cm³/mol. The van der Waals surface area contributed by atoms with Crippen molar-refractivity contribution in [3.05, 3.63) is 35.9 Å². The summed E-state index contributed by atoms with van der Waals surface area (Å²) in [5.74, 6) is 0.331. The normalized spacial score (nSPS) is 25.4. The van der Waals surface area contributed by atoms with E-state index in [1.54, 1.807) is 0 Å². The maximum Gasteiger partial charge on any atom is 0.222 e. The molecule has 4 heteroatoms. The zero-order valence-electron chi connectivity index (χ0n) is 11.2. The Balaban J connectivity index is 1.58. The zero-order valence-corrected chi connectivity index (χ0v) is 11.2. The Kier molecular flexibility index (Phi) is 3.53. The molecule has 2 fully saturated rings. The third-order valence-corrected chi connectivity index (χ3v) is 4.26. The van der Waals surface area contributed by atoms with Gasteiger partial charge in [-0.1, -0.05) is 30.3 Å². The van der Waals surface area contributed by atoms with Gasteiger partial charge in [-0.15, -0.1) is 0 Å². The molecule has 2 aliphatic heterocycles. The van der Waals surface area contributed by atoms with Crippen molar-refractivity contribution >= 4 is 5.91 Å². The fraction of sp³-hybridized carbons (Fsp3) is 0.533. The maximum atomic E-state index is 11.6. The van der Waals surface area contributed by atoms with Gasteiger partial charge in [-0.05, 0) is 12.0 Å². The Morgan fingerprint density at radius 1 is 1.26 bits per heavy atom. The molecule has 19 heavy (non-hydrogen) atoms. The zero-order chi connectivity index (χ0) is 13.2. The molecular weight excluding hydrogens is 238 g/mol. The van der Waals surface area contributed by atoms with Crippen LogP contribution in [0.4, 0.5) is 0 Å². The molecule has 3 rings (SSSR count). The first-order valence-corrected chi connectivity index (χ1v) is 7.06. The summed E-state index contributed by atoms with van der Waals surface area (Å²) in [7, 11) is 0. The number of rotatable bonds is 3. The number of hydrogen-bond donors (Lipinski definition) is 1. The number of piperazine rings is 1. The molecule has 102 valence electrons. The molecule has 2 atom stereocenters. The molecule has 0 bridgehead atoms. The second-order valence-electron chi connectivity index (χ2n) is 5.56. The second-order valence-corrected chi connectivity index (χ2v) is 5.56. The number of nitrogens with two attached hydrogens (primary N) is 1. The van der Waals surface area contributed by atoms with Gasteiger partial charge in [0.1, 0.15) is 0 Å². The number of fused-ring (bicyclic) bond motifs is 1. The first-order chi connectivity index (χ1) is 9.24. The van der Waals surface area contributed by atoms with Crippen molar-refractivity contribution in [2.24, 2.45) is 5.73 Å². The number of hydrogen-bond acceptors (Lipinski definition) is 3. The van der Waals surface area contributed by atoms with E-state index in [9.17, 15) is 4.79 Å². The molecule has 0 aromatic heterocycles. The number of carbonyl (C=O) groups excluding carboxylic acids is 1. The molecule has 0 radical (unpaired) electrons. The molecule has 2 N–H and O–H groups in total. The Hall–Kier alpha value is -1.39. The van der Waals surface area contributed by atoms with Crippen molar-refractivity contribution in [2.45, 2.75) is 24.9 Å². The second kappa shape index (κ2) is 5.31. The highest BCUT2D eigenvalue weighted by Gasteiger charge is 2.35. The van der Waals surface area contributed by atoms with Crippen LogP contribution in [0.3, 0.4) is 0 Å². The minimum absolute atomic E-state index is 0.0601. The molecule has 1 amide bonds. The summed E-state index contributed by atoms with van der Waals surface area (Å²) in [4.78, 5) is 16.1. The van der Waals surface area contributed by atoms with Crippen LogP contribution in [0.2, 0.25) is 0 Å². The van der Waals surface area contributed by atoms with Gasteiger partial charge in [0.2, 0.25) is 5.91 Å². The number of carbonyl (C=O) groups is 1. The highest BCUT2D eigenvalue weighted by Crippen LogP contribution is 2.23. The average molecular weight is 259 g/mol. The van der Waals surface area contributed by atoms with E-state index in [2.05, 4.69) is 17.0 Å². The van der Waals surface area contributed by atoms with E-state index in [4.69, 9.17) is 5.73 Å². The van der Waals surface area contributed by atoms with E-state index in [1.807, 2.05) is 23.1 Å². The quantitative estimate of drug-likeness (QED) is 0.881. The van der Waals surface area contributed by atoms with Crippen LogP contribution in [0.1, 0.15) is 24.4 Å². The maximum absolute atomic E-state index is 11.6. The van der Waals surface area contributed by atoms with Crippen LogP contribution in [0.25, 0.3) is 0 Å². The fourth-order valence-corrected chi connectivity index (χ4v) is 3.18. The Morgan fingerprint density at radius 2 is 2.05 bits per heavy atom. The van der Waals surface area contributed by atoms with Crippen molar-refractivity contribution in [1.82, 2.24) is 9.80 Å². The summed E-state index contributed by atoms with van der Waals surface area (Å²) in [5, 5.41) is 0. The van der Waals surface area contributed by atoms with Crippen molar-refractivity contribution in [3.8, 4) is 0 Å². The monoisotopic (exact) mass is 259 g/mol. The third-order valence-electron chi connectivity index (χ3n) is 4.26. The lowest BCUT2D eigenvalue weighted by Gasteiger charge is -2.38. The van der Waals surface area contributed by atoms with Crippen LogP contribution in [-0.2, 0) is 4.79 Å². The van der Waals surface area contributed by atoms with E-state index in [1.165, 1.54) is 5.56 Å². The summed E-state index contributed by atoms with van der Waals surface area (Å²) < 4.78 is 0. The summed E-state index contributed by atoms with van der Waals surface area (Å²) >= 11 is 0. The average Bonchev–Trinajstić information content (AvgIpc) is 2.81. The largest absolute Gasteiger partial charge is 0.337 e. The summed E-state index contributed by atoms with van der Waals surface area (Å²) in [5.41, 5.74) is 7.46. The smallest absolute Gasteiger partial charge is 0.222 e. The number of benzene rings is 1. The predicted octanol–water partition coefficient (Wildman–Crippen LogP) is 0.993. The first kappa shape index (κ1) is 12.6. The molecule has 0 saturated carbocycles. The summed E-state index contributed by atoms with van der Waals surface area (Å²) in [6.07, 6.45) is 1.74. The minimum Gasteiger partial charge on any atom is -0.337 e. The van der Waals surface area contributed by atoms with E-state index >= 15 is 0 Å². The SMILES string of the molecule is NC(CN1CCN2C(=O)CCC2C1)c1ccccc1. The van der Waals surface area contributed by atoms with Crippen molar-refractivity contribution in [2.75, 3.05) is 26.2 Å². The third kappa shape index (κ3) is 2.65. The Labute approximate surface area is 114 Å². The highest BCUT2D eigenvalue weighted by atomic mass is 16.2. The minimum atomic E-state index is 0.0601. The molecule has 0 spiro atoms. The van der Waals surface area contributed by atoms with E-state index in [0.29, 0.717) is 11.9 Å². The van der Waals surface area contributed by atoms with Gasteiger partial charge in [0.15, 0.2) is 0 Å². The van der Waals surface area contributed by atoms with Crippen molar-refractivity contribution in [1.29, 1.82) is 0 Å². The summed E-state index contributed by atoms with van der Waals surface area (Å²) in [6, 6.07) is 10.7. The van der Waals surface area contributed by atoms with Crippen LogP contribution in [-0.4, -0.2) is 47.9 Å². The van der Waals surface area contributed by atoms with Crippen LogP contribution in [0, 0.1) is 0 Å². The van der Waals surface area contributed by atoms with Gasteiger partial charge in [-0.25, -0.2) is 0 Å². The molecule has 1 aromatic rings. The van der Waals surface area contributed by atoms with Crippen LogP contribution in [0.15, 0.2) is 30.3 Å². The Morgan fingerprint density at radius 3 is 2.84 bits per heavy atom. The molecule has 1 aromatic carbocycles. The molecule has 4 nitrogen and oxygen atoms in total. The molecule has 2 unspecified atom stereocenters. The lowest BCUT2D eigenvalue weighted by atomic mass is 10.1. The highest BCUT2D eigenvalue weighted by molar-refractivity contribution is 5.78. The topological polar surface area (TPSA) is 49.6 Å². The van der Waals surface area contributed by atoms with Crippen LogP contribution < -0.4 is 5.73 Å². The van der Waals surface area contributed by atoms with Gasteiger partial charge in [0, 0.05) is 44.7 Å². The molecule has 0 aliphatic carbocycles.